The number of nitrogens with one attached hydrogen (secondary N) is 2. The van der Waals surface area contributed by atoms with Crippen molar-refractivity contribution in [2.75, 3.05) is 68.7 Å². The third-order valence-electron chi connectivity index (χ3n) is 5.17. The molecule has 2 heterocycles. The maximum atomic E-state index is 12.9. The number of carbonyl (C=O) groups is 2. The molecule has 2 aliphatic rings. The van der Waals surface area contributed by atoms with E-state index in [1.54, 1.807) is 30.1 Å². The van der Waals surface area contributed by atoms with E-state index < -0.39 is 10.0 Å². The van der Waals surface area contributed by atoms with E-state index in [1.165, 1.54) is 4.90 Å². The van der Waals surface area contributed by atoms with Gasteiger partial charge in [-0.25, -0.2) is 8.42 Å². The molecule has 2 fully saturated rings. The molecule has 0 spiro atoms. The van der Waals surface area contributed by atoms with E-state index in [0.29, 0.717) is 11.3 Å². The van der Waals surface area contributed by atoms with Crippen LogP contribution in [-0.2, 0) is 14.8 Å². The maximum Gasteiger partial charge on any atom is 0.254 e. The highest BCUT2D eigenvalue weighted by Gasteiger charge is 2.23. The Morgan fingerprint density at radius 3 is 2.41 bits per heavy atom. The van der Waals surface area contributed by atoms with E-state index in [0.717, 1.165) is 64.1 Å². The summed E-state index contributed by atoms with van der Waals surface area (Å²) in [7, 11) is -1.92. The highest BCUT2D eigenvalue weighted by Crippen LogP contribution is 2.29. The molecule has 10 heteroatoms. The van der Waals surface area contributed by atoms with Crippen LogP contribution in [0.2, 0.25) is 0 Å². The van der Waals surface area contributed by atoms with Gasteiger partial charge in [-0.2, -0.15) is 0 Å². The van der Waals surface area contributed by atoms with Crippen LogP contribution in [0.5, 0.6) is 0 Å². The SMILES string of the molecule is CN(CC(=O)N1CCCC1)C(=O)c1ccc(N2CCNCC2)c(NS(C)(=O)=O)c1. The van der Waals surface area contributed by atoms with Crippen LogP contribution >= 0.6 is 0 Å². The van der Waals surface area contributed by atoms with Crippen LogP contribution in [0.25, 0.3) is 0 Å². The van der Waals surface area contributed by atoms with Gasteiger partial charge >= 0.3 is 0 Å². The standard InChI is InChI=1S/C19H29N5O4S/c1-22(14-18(25)24-9-3-4-10-24)19(26)15-5-6-17(23-11-7-20-8-12-23)16(13-15)21-29(2,27)28/h5-6,13,20-21H,3-4,7-12,14H2,1-2H3. The highest BCUT2D eigenvalue weighted by molar-refractivity contribution is 7.92. The first kappa shape index (κ1) is 21.4. The minimum atomic E-state index is -3.51. The summed E-state index contributed by atoms with van der Waals surface area (Å²) < 4.78 is 26.2. The fraction of sp³-hybridized carbons (Fsp3) is 0.579. The van der Waals surface area contributed by atoms with Crippen molar-refractivity contribution in [3.63, 3.8) is 0 Å². The quantitative estimate of drug-likeness (QED) is 0.676. The fourth-order valence-electron chi connectivity index (χ4n) is 3.69. The first-order valence-electron chi connectivity index (χ1n) is 9.85. The molecule has 2 N–H and O–H groups in total. The number of hydrogen-bond donors (Lipinski definition) is 2. The van der Waals surface area contributed by atoms with Crippen molar-refractivity contribution in [3.8, 4) is 0 Å². The Hall–Kier alpha value is -2.33. The minimum absolute atomic E-state index is 0.00716. The van der Waals surface area contributed by atoms with Crippen LogP contribution in [0.15, 0.2) is 18.2 Å². The lowest BCUT2D eigenvalue weighted by molar-refractivity contribution is -0.130. The first-order chi connectivity index (χ1) is 13.7. The summed E-state index contributed by atoms with van der Waals surface area (Å²) in [6.07, 6.45) is 3.08. The van der Waals surface area contributed by atoms with E-state index in [9.17, 15) is 18.0 Å². The third-order valence-corrected chi connectivity index (χ3v) is 5.77. The monoisotopic (exact) mass is 423 g/mol. The predicted octanol–water partition coefficient (Wildman–Crippen LogP) is 0.162. The van der Waals surface area contributed by atoms with Gasteiger partial charge < -0.3 is 20.0 Å². The average Bonchev–Trinajstić information content (AvgIpc) is 3.21. The topological polar surface area (TPSA) is 102 Å². The summed E-state index contributed by atoms with van der Waals surface area (Å²) in [4.78, 5) is 30.4. The van der Waals surface area contributed by atoms with Crippen LogP contribution in [-0.4, -0.2) is 89.1 Å². The molecule has 0 atom stereocenters. The molecule has 3 rings (SSSR count). The predicted molar refractivity (Wildman–Crippen MR) is 113 cm³/mol. The van der Waals surface area contributed by atoms with Gasteiger partial charge in [0.05, 0.1) is 24.2 Å². The smallest absolute Gasteiger partial charge is 0.254 e. The Morgan fingerprint density at radius 2 is 1.79 bits per heavy atom. The number of likely N-dealkylation sites (N-methyl/N-ethyl adjacent to an activating group) is 1. The van der Waals surface area contributed by atoms with Crippen molar-refractivity contribution < 1.29 is 18.0 Å². The number of anilines is 2. The molecule has 0 unspecified atom stereocenters. The second kappa shape index (κ2) is 9.00. The molecule has 0 aliphatic carbocycles. The molecular weight excluding hydrogens is 394 g/mol. The van der Waals surface area contributed by atoms with E-state index >= 15 is 0 Å². The molecule has 0 bridgehead atoms. The van der Waals surface area contributed by atoms with Crippen molar-refractivity contribution in [1.29, 1.82) is 0 Å². The molecule has 0 aromatic heterocycles. The molecule has 2 saturated heterocycles. The number of benzene rings is 1. The van der Waals surface area contributed by atoms with Crippen molar-refractivity contribution in [2.24, 2.45) is 0 Å². The van der Waals surface area contributed by atoms with Crippen LogP contribution in [0, 0.1) is 0 Å². The minimum Gasteiger partial charge on any atom is -0.367 e. The second-order valence-corrected chi connectivity index (χ2v) is 9.34. The molecule has 160 valence electrons. The van der Waals surface area contributed by atoms with E-state index in [1.807, 2.05) is 0 Å². The number of sulfonamides is 1. The van der Waals surface area contributed by atoms with Gasteiger partial charge in [-0.1, -0.05) is 0 Å². The number of rotatable bonds is 6. The van der Waals surface area contributed by atoms with Gasteiger partial charge in [-0.3, -0.25) is 14.3 Å². The molecule has 1 aromatic rings. The first-order valence-corrected chi connectivity index (χ1v) is 11.7. The number of likely N-dealkylation sites (tertiary alicyclic amines) is 1. The van der Waals surface area contributed by atoms with E-state index in [4.69, 9.17) is 0 Å². The largest absolute Gasteiger partial charge is 0.367 e. The number of hydrogen-bond acceptors (Lipinski definition) is 6. The number of carbonyl (C=O) groups excluding carboxylic acids is 2. The highest BCUT2D eigenvalue weighted by atomic mass is 32.2. The van der Waals surface area contributed by atoms with Crippen LogP contribution in [0.3, 0.4) is 0 Å². The molecule has 2 aliphatic heterocycles. The molecule has 0 radical (unpaired) electrons. The zero-order valence-electron chi connectivity index (χ0n) is 17.0. The van der Waals surface area contributed by atoms with Gasteiger partial charge in [0.2, 0.25) is 15.9 Å². The van der Waals surface area contributed by atoms with Crippen molar-refractivity contribution in [1.82, 2.24) is 15.1 Å². The van der Waals surface area contributed by atoms with Gasteiger partial charge in [0.15, 0.2) is 0 Å². The lowest BCUT2D eigenvalue weighted by atomic mass is 10.1. The molecule has 0 saturated carbocycles. The number of nitrogens with zero attached hydrogens (tertiary/aromatic N) is 3. The average molecular weight is 424 g/mol. The summed E-state index contributed by atoms with van der Waals surface area (Å²) in [5.41, 5.74) is 1.45. The van der Waals surface area contributed by atoms with Gasteiger partial charge in [-0.05, 0) is 31.0 Å². The molecular formula is C19H29N5O4S. The van der Waals surface area contributed by atoms with Gasteiger partial charge in [-0.15, -0.1) is 0 Å². The van der Waals surface area contributed by atoms with Crippen molar-refractivity contribution in [2.45, 2.75) is 12.8 Å². The summed E-state index contributed by atoms with van der Waals surface area (Å²) in [5.74, 6) is -0.383. The molecule has 2 amide bonds. The Kier molecular flexibility index (Phi) is 6.63. The summed E-state index contributed by atoms with van der Waals surface area (Å²) >= 11 is 0. The van der Waals surface area contributed by atoms with Crippen LogP contribution in [0.4, 0.5) is 11.4 Å². The summed E-state index contributed by atoms with van der Waals surface area (Å²) in [5, 5.41) is 3.26. The zero-order valence-corrected chi connectivity index (χ0v) is 17.8. The molecule has 1 aromatic carbocycles. The Morgan fingerprint density at radius 1 is 1.14 bits per heavy atom. The van der Waals surface area contributed by atoms with Gasteiger partial charge in [0, 0.05) is 51.9 Å². The normalized spacial score (nSPS) is 17.3. The lowest BCUT2D eigenvalue weighted by Gasteiger charge is -2.31. The number of amides is 2. The van der Waals surface area contributed by atoms with Crippen molar-refractivity contribution in [3.05, 3.63) is 23.8 Å². The zero-order chi connectivity index (χ0) is 21.0. The fourth-order valence-corrected chi connectivity index (χ4v) is 4.26. The summed E-state index contributed by atoms with van der Waals surface area (Å²) in [6.45, 7) is 4.59. The molecule has 29 heavy (non-hydrogen) atoms. The second-order valence-electron chi connectivity index (χ2n) is 7.59. The van der Waals surface area contributed by atoms with Crippen LogP contribution in [0.1, 0.15) is 23.2 Å². The third kappa shape index (κ3) is 5.60. The maximum absolute atomic E-state index is 12.9. The molecule has 9 nitrogen and oxygen atoms in total. The van der Waals surface area contributed by atoms with Crippen LogP contribution < -0.4 is 14.9 Å². The van der Waals surface area contributed by atoms with E-state index in [-0.39, 0.29) is 18.4 Å². The Bertz CT molecular complexity index is 861. The lowest BCUT2D eigenvalue weighted by Crippen LogP contribution is -2.44. The number of piperazine rings is 1. The van der Waals surface area contributed by atoms with E-state index in [2.05, 4.69) is 14.9 Å². The Labute approximate surface area is 172 Å². The Balaban J connectivity index is 1.79. The van der Waals surface area contributed by atoms with Gasteiger partial charge in [0.25, 0.3) is 5.91 Å². The van der Waals surface area contributed by atoms with Crippen molar-refractivity contribution >= 4 is 33.2 Å². The van der Waals surface area contributed by atoms with Gasteiger partial charge in [0.1, 0.15) is 0 Å². The summed E-state index contributed by atoms with van der Waals surface area (Å²) in [6, 6.07) is 5.00.